The molecular weight excluding hydrogens is 404 g/mol. The van der Waals surface area contributed by atoms with Gasteiger partial charge in [-0.25, -0.2) is 0 Å². The Kier molecular flexibility index (Phi) is 3.95. The average Bonchev–Trinajstić information content (AvgIpc) is 3.15. The summed E-state index contributed by atoms with van der Waals surface area (Å²) in [6.45, 7) is 0. The molecule has 22 heavy (non-hydrogen) atoms. The van der Waals surface area contributed by atoms with E-state index in [0.717, 1.165) is 29.7 Å². The molecule has 0 aliphatic heterocycles. The molecule has 2 aromatic heterocycles. The van der Waals surface area contributed by atoms with Crippen LogP contribution in [0.15, 0.2) is 36.5 Å². The van der Waals surface area contributed by atoms with E-state index in [9.17, 15) is 0 Å². The number of fused-ring (bicyclic) bond motifs is 2. The van der Waals surface area contributed by atoms with Crippen molar-refractivity contribution in [3.63, 3.8) is 0 Å². The van der Waals surface area contributed by atoms with Gasteiger partial charge in [0, 0.05) is 6.20 Å². The molecule has 7 heteroatoms. The molecule has 4 rings (SSSR count). The van der Waals surface area contributed by atoms with Crippen molar-refractivity contribution in [3.05, 3.63) is 47.7 Å². The van der Waals surface area contributed by atoms with Crippen molar-refractivity contribution in [2.45, 2.75) is 18.9 Å². The fourth-order valence-electron chi connectivity index (χ4n) is 3.04. The van der Waals surface area contributed by atoms with Crippen LogP contribution in [0.2, 0.25) is 0 Å². The fourth-order valence-corrected chi connectivity index (χ4v) is 4.10. The number of nitrogens with one attached hydrogen (secondary N) is 3. The number of halogens is 1. The van der Waals surface area contributed by atoms with Crippen LogP contribution >= 0.6 is 20.3 Å². The van der Waals surface area contributed by atoms with Gasteiger partial charge in [0.1, 0.15) is 11.5 Å². The molecule has 3 N–H and O–H groups in total. The monoisotopic (exact) mass is 418 g/mol. The molecule has 1 aliphatic carbocycles. The third-order valence-electron chi connectivity index (χ3n) is 4.04. The number of aromatic nitrogens is 3. The molecule has 1 aromatic carbocycles. The maximum Gasteiger partial charge on any atom is 0.472 e. The molecule has 5 nitrogen and oxygen atoms in total. The summed E-state index contributed by atoms with van der Waals surface area (Å²) in [5.41, 5.74) is 3.70. The molecule has 0 unspecified atom stereocenters. The van der Waals surface area contributed by atoms with Crippen LogP contribution in [0.1, 0.15) is 23.6 Å². The van der Waals surface area contributed by atoms with Gasteiger partial charge in [-0.3, -0.25) is 0 Å². The second-order valence-electron chi connectivity index (χ2n) is 5.32. The predicted octanol–water partition coefficient (Wildman–Crippen LogP) is 3.44. The Morgan fingerprint density at radius 3 is 3.05 bits per heavy atom. The number of benzene rings is 1. The predicted molar refractivity (Wildman–Crippen MR) is 98.4 cm³/mol. The van der Waals surface area contributed by atoms with E-state index in [0.29, 0.717) is 12.0 Å². The van der Waals surface area contributed by atoms with Crippen LogP contribution in [0.4, 0.5) is 11.8 Å². The molecule has 1 aliphatic rings. The van der Waals surface area contributed by atoms with Crippen molar-refractivity contribution in [1.29, 1.82) is 0 Å². The molecule has 0 spiro atoms. The van der Waals surface area contributed by atoms with Crippen LogP contribution in [0, 0.1) is 0 Å². The zero-order valence-corrected chi connectivity index (χ0v) is 15.1. The zero-order chi connectivity index (χ0) is 14.9. The van der Waals surface area contributed by atoms with E-state index in [1.54, 1.807) is 0 Å². The van der Waals surface area contributed by atoms with Gasteiger partial charge in [0.2, 0.25) is 5.95 Å². The van der Waals surface area contributed by atoms with Crippen molar-refractivity contribution >= 4 is 55.2 Å². The maximum absolute atomic E-state index is 4.66. The molecular formula is C15H14AlIN5. The standard InChI is InChI=1S/C15H14N5.Al.HI/c16-15-19-13-11(7-8-17-13)14(20-15)18-12-6-5-9-3-1-2-4-10(9)12;;/h1-4,7-8,12H,5-6H2,(H3-,16,17,18,19,20);;1H/q-1;+2;/p-1/t12-;;/m0../s1. The highest BCUT2D eigenvalue weighted by Gasteiger charge is 2.23. The second-order valence-corrected chi connectivity index (χ2v) is 7.70. The van der Waals surface area contributed by atoms with Gasteiger partial charge in [-0.1, -0.05) is 24.3 Å². The Bertz CT molecular complexity index is 819. The molecule has 0 fully saturated rings. The Labute approximate surface area is 145 Å². The number of aromatic amines is 1. The third-order valence-corrected chi connectivity index (χ3v) is 5.34. The Morgan fingerprint density at radius 1 is 1.23 bits per heavy atom. The number of hydrogen-bond donors (Lipinski definition) is 3. The van der Waals surface area contributed by atoms with Crippen LogP contribution < -0.4 is 9.62 Å². The average molecular weight is 418 g/mol. The van der Waals surface area contributed by atoms with Gasteiger partial charge >= 0.3 is 12.2 Å². The number of rotatable bonds is 4. The molecule has 0 saturated carbocycles. The van der Waals surface area contributed by atoms with Crippen molar-refractivity contribution in [2.24, 2.45) is 0 Å². The summed E-state index contributed by atoms with van der Waals surface area (Å²) in [4.78, 5) is 12.3. The lowest BCUT2D eigenvalue weighted by molar-refractivity contribution is 0.758. The molecule has 2 heterocycles. The molecule has 1 atom stereocenters. The van der Waals surface area contributed by atoms with Gasteiger partial charge in [-0.2, -0.15) is 30.2 Å². The summed E-state index contributed by atoms with van der Waals surface area (Å²) in [7, 11) is 0. The van der Waals surface area contributed by atoms with Gasteiger partial charge in [-0.15, -0.1) is 0 Å². The van der Waals surface area contributed by atoms with Crippen LogP contribution in [-0.4, -0.2) is 27.1 Å². The van der Waals surface area contributed by atoms with Gasteiger partial charge in [0.05, 0.1) is 11.4 Å². The smallest absolute Gasteiger partial charge is 0.442 e. The van der Waals surface area contributed by atoms with Crippen LogP contribution in [0.3, 0.4) is 0 Å². The first-order valence-electron chi connectivity index (χ1n) is 7.23. The highest BCUT2D eigenvalue weighted by molar-refractivity contribution is 14.1. The van der Waals surface area contributed by atoms with Gasteiger partial charge in [0.15, 0.2) is 0 Å². The largest absolute Gasteiger partial charge is 0.472 e. The summed E-state index contributed by atoms with van der Waals surface area (Å²) < 4.78 is 3.26. The van der Waals surface area contributed by atoms with E-state index in [4.69, 9.17) is 0 Å². The first-order chi connectivity index (χ1) is 10.8. The van der Waals surface area contributed by atoms with E-state index >= 15 is 0 Å². The van der Waals surface area contributed by atoms with E-state index in [2.05, 4.69) is 69.1 Å². The van der Waals surface area contributed by atoms with Gasteiger partial charge in [-0.05, 0) is 30.0 Å². The summed E-state index contributed by atoms with van der Waals surface area (Å²) in [6.07, 6.45) is 4.14. The first-order valence-corrected chi connectivity index (χ1v) is 12.0. The van der Waals surface area contributed by atoms with Crippen molar-refractivity contribution < 1.29 is 0 Å². The fraction of sp³-hybridized carbons (Fsp3) is 0.200. The number of nitrogens with zero attached hydrogens (tertiary/aromatic N) is 2. The topological polar surface area (TPSA) is 65.6 Å². The summed E-state index contributed by atoms with van der Waals surface area (Å²) >= 11 is 2.42. The normalized spacial score (nSPS) is 16.5. The number of aryl methyl sites for hydroxylation is 1. The lowest BCUT2D eigenvalue weighted by atomic mass is 10.1. The quantitative estimate of drug-likeness (QED) is 0.449. The van der Waals surface area contributed by atoms with Gasteiger partial charge < -0.3 is 14.6 Å². The first kappa shape index (κ1) is 14.3. The molecule has 109 valence electrons. The van der Waals surface area contributed by atoms with Crippen molar-refractivity contribution in [1.82, 2.24) is 15.0 Å². The lowest BCUT2D eigenvalue weighted by Crippen LogP contribution is -2.11. The highest BCUT2D eigenvalue weighted by Crippen LogP contribution is 2.34. The lowest BCUT2D eigenvalue weighted by Gasteiger charge is -2.16. The second kappa shape index (κ2) is 6.07. The molecule has 3 aromatic rings. The van der Waals surface area contributed by atoms with E-state index in [-0.39, 0.29) is 12.2 Å². The minimum atomic E-state index is 0.0877. The number of hydrogen-bond acceptors (Lipinski definition) is 4. The zero-order valence-electron chi connectivity index (χ0n) is 11.8. The molecule has 1 radical (unpaired) electrons. The summed E-state index contributed by atoms with van der Waals surface area (Å²) in [5, 5.41) is 4.66. The summed E-state index contributed by atoms with van der Waals surface area (Å²) in [6, 6.07) is 11.0. The van der Waals surface area contributed by atoms with Gasteiger partial charge in [0.25, 0.3) is 0 Å². The minimum absolute atomic E-state index is 0.0877. The molecule has 0 saturated heterocycles. The Balaban J connectivity index is 1.71. The highest BCUT2D eigenvalue weighted by atomic mass is 127. The number of H-pyrrole nitrogens is 1. The van der Waals surface area contributed by atoms with E-state index < -0.39 is 0 Å². The SMILES string of the molecule is [I][Al][NH]c1nc(N[C@H]2CCc3ccccc32)c2cc[nH]c2n1. The third kappa shape index (κ3) is 2.58. The maximum atomic E-state index is 4.66. The summed E-state index contributed by atoms with van der Waals surface area (Å²) in [5.74, 6) is 1.59. The Morgan fingerprint density at radius 2 is 2.14 bits per heavy atom. The van der Waals surface area contributed by atoms with E-state index in [1.807, 2.05) is 12.3 Å². The molecule has 0 amide bonds. The van der Waals surface area contributed by atoms with Crippen LogP contribution in [0.5, 0.6) is 0 Å². The molecule has 0 bridgehead atoms. The van der Waals surface area contributed by atoms with Crippen molar-refractivity contribution in [3.8, 4) is 0 Å². The van der Waals surface area contributed by atoms with Crippen molar-refractivity contribution in [2.75, 3.05) is 9.62 Å². The Hall–Kier alpha value is -1.30. The number of anilines is 2. The minimum Gasteiger partial charge on any atom is -0.442 e. The van der Waals surface area contributed by atoms with Crippen LogP contribution in [0.25, 0.3) is 11.0 Å². The van der Waals surface area contributed by atoms with Crippen LogP contribution in [-0.2, 0) is 6.42 Å². The van der Waals surface area contributed by atoms with E-state index in [1.165, 1.54) is 11.1 Å².